The van der Waals surface area contributed by atoms with Crippen LogP contribution in [0.3, 0.4) is 0 Å². The van der Waals surface area contributed by atoms with Gasteiger partial charge in [-0.1, -0.05) is 285 Å². The molecular formula is C66H128O17P2. The third-order valence-electron chi connectivity index (χ3n) is 15.3. The van der Waals surface area contributed by atoms with Crippen molar-refractivity contribution in [2.45, 2.75) is 355 Å². The highest BCUT2D eigenvalue weighted by atomic mass is 31.2. The number of carbonyl (C=O) groups excluding carboxylic acids is 4. The first-order valence-corrected chi connectivity index (χ1v) is 37.6. The quantitative estimate of drug-likeness (QED) is 0.0222. The van der Waals surface area contributed by atoms with E-state index in [0.717, 1.165) is 95.8 Å². The zero-order valence-electron chi connectivity index (χ0n) is 54.7. The Morgan fingerprint density at radius 1 is 0.318 bits per heavy atom. The van der Waals surface area contributed by atoms with Crippen LogP contribution in [-0.4, -0.2) is 96.7 Å². The van der Waals surface area contributed by atoms with Crippen LogP contribution in [0.2, 0.25) is 0 Å². The highest BCUT2D eigenvalue weighted by molar-refractivity contribution is 7.47. The SMILES string of the molecule is CCCCCCCCCCCCCCCCCC(=O)O[C@H](COC(=O)CCCCCCCCCCCC(C)C)COP(=O)(O)OC[C@@H](O)COP(=O)(O)OC[C@@H](COC(=O)CCCCCCCCCCC)OC(=O)CCCCCCCCCCC. The molecule has 3 N–H and O–H groups in total. The normalized spacial score (nSPS) is 14.2. The summed E-state index contributed by atoms with van der Waals surface area (Å²) in [5, 5.41) is 10.5. The highest BCUT2D eigenvalue weighted by Gasteiger charge is 2.30. The van der Waals surface area contributed by atoms with Gasteiger partial charge >= 0.3 is 39.5 Å². The molecule has 0 aromatic heterocycles. The average molecular weight is 1260 g/mol. The Labute approximate surface area is 517 Å². The summed E-state index contributed by atoms with van der Waals surface area (Å²) in [4.78, 5) is 72.2. The first-order chi connectivity index (χ1) is 41.0. The zero-order valence-corrected chi connectivity index (χ0v) is 56.5. The van der Waals surface area contributed by atoms with E-state index in [9.17, 15) is 43.2 Å². The summed E-state index contributed by atoms with van der Waals surface area (Å²) in [6.45, 7) is 7.17. The van der Waals surface area contributed by atoms with E-state index >= 15 is 0 Å². The van der Waals surface area contributed by atoms with Crippen LogP contribution in [0, 0.1) is 5.92 Å². The molecule has 504 valence electrons. The van der Waals surface area contributed by atoms with Crippen molar-refractivity contribution in [3.8, 4) is 0 Å². The molecule has 0 saturated carbocycles. The van der Waals surface area contributed by atoms with Crippen molar-refractivity contribution < 1.29 is 80.2 Å². The molecule has 0 aromatic carbocycles. The Morgan fingerprint density at radius 3 is 0.800 bits per heavy atom. The molecule has 0 radical (unpaired) electrons. The second kappa shape index (κ2) is 59.7. The number of hydrogen-bond donors (Lipinski definition) is 3. The summed E-state index contributed by atoms with van der Waals surface area (Å²) in [6.07, 6.45) is 44.4. The number of rotatable bonds is 66. The fourth-order valence-corrected chi connectivity index (χ4v) is 11.5. The number of phosphoric ester groups is 2. The van der Waals surface area contributed by atoms with Gasteiger partial charge in [0.25, 0.3) is 0 Å². The van der Waals surface area contributed by atoms with Gasteiger partial charge in [0.1, 0.15) is 19.3 Å². The molecule has 0 spiro atoms. The second-order valence-corrected chi connectivity index (χ2v) is 27.2. The summed E-state index contributed by atoms with van der Waals surface area (Å²) in [5.74, 6) is -1.39. The fourth-order valence-electron chi connectivity index (χ4n) is 9.94. The maximum absolute atomic E-state index is 13.0. The molecule has 85 heavy (non-hydrogen) atoms. The molecule has 0 amide bonds. The zero-order chi connectivity index (χ0) is 62.8. The minimum atomic E-state index is -4.95. The summed E-state index contributed by atoms with van der Waals surface area (Å²) in [7, 11) is -9.89. The average Bonchev–Trinajstić information content (AvgIpc) is 3.49. The maximum atomic E-state index is 13.0. The molecule has 0 heterocycles. The number of unbranched alkanes of at least 4 members (excludes halogenated alkanes) is 38. The van der Waals surface area contributed by atoms with E-state index in [1.54, 1.807) is 0 Å². The molecule has 0 saturated heterocycles. The molecule has 5 atom stereocenters. The largest absolute Gasteiger partial charge is 0.472 e. The lowest BCUT2D eigenvalue weighted by Crippen LogP contribution is -2.30. The van der Waals surface area contributed by atoms with Crippen LogP contribution in [0.1, 0.15) is 336 Å². The van der Waals surface area contributed by atoms with Gasteiger partial charge < -0.3 is 33.8 Å². The molecule has 0 aliphatic heterocycles. The van der Waals surface area contributed by atoms with E-state index in [2.05, 4.69) is 34.6 Å². The van der Waals surface area contributed by atoms with E-state index in [1.165, 1.54) is 161 Å². The van der Waals surface area contributed by atoms with Gasteiger partial charge in [0.2, 0.25) is 0 Å². The van der Waals surface area contributed by atoms with E-state index < -0.39 is 97.5 Å². The Bertz CT molecular complexity index is 1650. The van der Waals surface area contributed by atoms with Crippen molar-refractivity contribution in [1.29, 1.82) is 0 Å². The monoisotopic (exact) mass is 1250 g/mol. The van der Waals surface area contributed by atoms with Gasteiger partial charge in [0.15, 0.2) is 12.2 Å². The maximum Gasteiger partial charge on any atom is 0.472 e. The number of aliphatic hydroxyl groups excluding tert-OH is 1. The molecule has 0 aliphatic rings. The van der Waals surface area contributed by atoms with Crippen molar-refractivity contribution in [2.75, 3.05) is 39.6 Å². The number of esters is 4. The van der Waals surface area contributed by atoms with Gasteiger partial charge in [0, 0.05) is 25.7 Å². The summed E-state index contributed by atoms with van der Waals surface area (Å²) >= 11 is 0. The van der Waals surface area contributed by atoms with Crippen molar-refractivity contribution >= 4 is 39.5 Å². The Balaban J connectivity index is 5.22. The van der Waals surface area contributed by atoms with Crippen LogP contribution in [-0.2, 0) is 65.4 Å². The van der Waals surface area contributed by atoms with Crippen LogP contribution >= 0.6 is 15.6 Å². The molecule has 2 unspecified atom stereocenters. The minimum Gasteiger partial charge on any atom is -0.462 e. The molecule has 0 fully saturated rings. The predicted molar refractivity (Wildman–Crippen MR) is 340 cm³/mol. The van der Waals surface area contributed by atoms with Gasteiger partial charge in [-0.15, -0.1) is 0 Å². The van der Waals surface area contributed by atoms with E-state index in [0.29, 0.717) is 25.7 Å². The second-order valence-electron chi connectivity index (χ2n) is 24.3. The predicted octanol–water partition coefficient (Wildman–Crippen LogP) is 18.6. The molecule has 0 aliphatic carbocycles. The summed E-state index contributed by atoms with van der Waals surface area (Å²) in [5.41, 5.74) is 0. The van der Waals surface area contributed by atoms with Crippen molar-refractivity contribution in [1.82, 2.24) is 0 Å². The fraction of sp³-hybridized carbons (Fsp3) is 0.939. The number of ether oxygens (including phenoxy) is 4. The van der Waals surface area contributed by atoms with Gasteiger partial charge in [-0.2, -0.15) is 0 Å². The van der Waals surface area contributed by atoms with Crippen LogP contribution in [0.4, 0.5) is 0 Å². The van der Waals surface area contributed by atoms with E-state index in [-0.39, 0.29) is 25.7 Å². The standard InChI is InChI=1S/C66H128O17P2/c1-6-9-12-15-18-21-22-23-24-25-26-31-37-42-47-52-66(71)83-62(56-77-64(69)50-45-40-35-32-27-30-33-38-43-48-59(4)5)58-81-85(74,75)79-54-60(67)53-78-84(72,73)80-57-61(82-65(70)51-46-41-36-29-20-17-14-11-8-3)55-76-63(68)49-44-39-34-28-19-16-13-10-7-2/h59-62,67H,6-58H2,1-5H3,(H,72,73)(H,74,75)/t60-,61+,62+/m0/s1. The first kappa shape index (κ1) is 83.1. The lowest BCUT2D eigenvalue weighted by Gasteiger charge is -2.21. The van der Waals surface area contributed by atoms with Crippen LogP contribution < -0.4 is 0 Å². The molecular weight excluding hydrogens is 1130 g/mol. The molecule has 19 heteroatoms. The lowest BCUT2D eigenvalue weighted by molar-refractivity contribution is -0.161. The van der Waals surface area contributed by atoms with E-state index in [4.69, 9.17) is 37.0 Å². The Kier molecular flexibility index (Phi) is 58.3. The van der Waals surface area contributed by atoms with Crippen molar-refractivity contribution in [3.63, 3.8) is 0 Å². The van der Waals surface area contributed by atoms with Crippen molar-refractivity contribution in [3.05, 3.63) is 0 Å². The van der Waals surface area contributed by atoms with Crippen LogP contribution in [0.15, 0.2) is 0 Å². The lowest BCUT2D eigenvalue weighted by atomic mass is 10.0. The number of carbonyl (C=O) groups is 4. The molecule has 0 aromatic rings. The van der Waals surface area contributed by atoms with Crippen LogP contribution in [0.5, 0.6) is 0 Å². The summed E-state index contributed by atoms with van der Waals surface area (Å²) in [6, 6.07) is 0. The number of hydrogen-bond acceptors (Lipinski definition) is 15. The molecule has 0 bridgehead atoms. The Hall–Kier alpha value is -1.94. The third-order valence-corrected chi connectivity index (χ3v) is 17.2. The van der Waals surface area contributed by atoms with Crippen molar-refractivity contribution in [2.24, 2.45) is 5.92 Å². The summed E-state index contributed by atoms with van der Waals surface area (Å²) < 4.78 is 68.0. The Morgan fingerprint density at radius 2 is 0.541 bits per heavy atom. The first-order valence-electron chi connectivity index (χ1n) is 34.6. The molecule has 17 nitrogen and oxygen atoms in total. The topological polar surface area (TPSA) is 237 Å². The van der Waals surface area contributed by atoms with Gasteiger partial charge in [-0.05, 0) is 31.6 Å². The minimum absolute atomic E-state index is 0.106. The van der Waals surface area contributed by atoms with Gasteiger partial charge in [0.05, 0.1) is 26.4 Å². The smallest absolute Gasteiger partial charge is 0.462 e. The molecule has 0 rings (SSSR count). The number of phosphoric acid groups is 2. The third kappa shape index (κ3) is 60.7. The van der Waals surface area contributed by atoms with E-state index in [1.807, 2.05) is 0 Å². The highest BCUT2D eigenvalue weighted by Crippen LogP contribution is 2.45. The van der Waals surface area contributed by atoms with Gasteiger partial charge in [-0.25, -0.2) is 9.13 Å². The van der Waals surface area contributed by atoms with Gasteiger partial charge in [-0.3, -0.25) is 37.3 Å². The van der Waals surface area contributed by atoms with Crippen LogP contribution in [0.25, 0.3) is 0 Å². The number of aliphatic hydroxyl groups is 1.